The molecule has 0 aliphatic heterocycles. The van der Waals surface area contributed by atoms with Crippen LogP contribution >= 0.6 is 15.9 Å². The molecule has 74 valence electrons. The minimum absolute atomic E-state index is 0.865. The first-order chi connectivity index (χ1) is 7.36. The van der Waals surface area contributed by atoms with Crippen LogP contribution < -0.4 is 0 Å². The van der Waals surface area contributed by atoms with E-state index >= 15 is 0 Å². The summed E-state index contributed by atoms with van der Waals surface area (Å²) in [6.07, 6.45) is 9.19. The topological polar surface area (TPSA) is 13.1 Å². The summed E-state index contributed by atoms with van der Waals surface area (Å²) >= 11 is 3.51. The highest BCUT2D eigenvalue weighted by atomic mass is 79.9. The highest BCUT2D eigenvalue weighted by Gasteiger charge is 2.13. The van der Waals surface area contributed by atoms with Crippen molar-refractivity contribution in [1.29, 1.82) is 0 Å². The first-order valence-corrected chi connectivity index (χ1v) is 5.68. The van der Waals surface area contributed by atoms with Crippen molar-refractivity contribution < 1.29 is 4.42 Å². The third kappa shape index (κ3) is 1.37. The Hall–Kier alpha value is -1.28. The number of hydrogen-bond acceptors (Lipinski definition) is 1. The molecule has 0 bridgehead atoms. The van der Waals surface area contributed by atoms with Gasteiger partial charge in [-0.25, -0.2) is 0 Å². The fraction of sp³-hybridized carbons (Fsp3) is 0.0769. The molecule has 1 aromatic heterocycles. The van der Waals surface area contributed by atoms with Crippen molar-refractivity contribution in [1.82, 2.24) is 0 Å². The van der Waals surface area contributed by atoms with Crippen molar-refractivity contribution in [3.8, 4) is 0 Å². The number of benzene rings is 1. The van der Waals surface area contributed by atoms with Gasteiger partial charge in [-0.1, -0.05) is 36.4 Å². The molecular weight excluding hydrogens is 252 g/mol. The number of allylic oxidation sites excluding steroid dienone is 3. The minimum Gasteiger partial charge on any atom is -0.459 e. The molecule has 0 radical (unpaired) electrons. The molecule has 0 spiro atoms. The van der Waals surface area contributed by atoms with Crippen LogP contribution in [0.2, 0.25) is 0 Å². The van der Waals surface area contributed by atoms with Crippen molar-refractivity contribution in [2.24, 2.45) is 0 Å². The molecule has 1 aliphatic rings. The molecule has 0 unspecified atom stereocenters. The molecule has 1 heterocycles. The Morgan fingerprint density at radius 1 is 1.20 bits per heavy atom. The molecular formula is C13H9BrO. The van der Waals surface area contributed by atoms with E-state index in [9.17, 15) is 0 Å². The predicted molar refractivity (Wildman–Crippen MR) is 65.8 cm³/mol. The lowest BCUT2D eigenvalue weighted by Gasteiger charge is -1.91. The number of furan rings is 1. The van der Waals surface area contributed by atoms with Crippen molar-refractivity contribution in [2.45, 2.75) is 6.42 Å². The molecule has 0 saturated carbocycles. The fourth-order valence-electron chi connectivity index (χ4n) is 1.89. The largest absolute Gasteiger partial charge is 0.459 e. The molecule has 0 N–H and O–H groups in total. The zero-order chi connectivity index (χ0) is 10.3. The molecule has 0 amide bonds. The van der Waals surface area contributed by atoms with Crippen LogP contribution in [0.15, 0.2) is 45.3 Å². The van der Waals surface area contributed by atoms with Gasteiger partial charge in [0.1, 0.15) is 11.3 Å². The van der Waals surface area contributed by atoms with Gasteiger partial charge in [0.05, 0.1) is 4.47 Å². The van der Waals surface area contributed by atoms with Gasteiger partial charge in [-0.3, -0.25) is 0 Å². The van der Waals surface area contributed by atoms with Crippen LogP contribution in [-0.4, -0.2) is 0 Å². The zero-order valence-corrected chi connectivity index (χ0v) is 9.62. The van der Waals surface area contributed by atoms with Crippen LogP contribution in [0.1, 0.15) is 11.3 Å². The Bertz CT molecular complexity index is 575. The van der Waals surface area contributed by atoms with Gasteiger partial charge in [-0.2, -0.15) is 0 Å². The van der Waals surface area contributed by atoms with Crippen LogP contribution in [-0.2, 0) is 6.42 Å². The average Bonchev–Trinajstić information content (AvgIpc) is 2.45. The second kappa shape index (κ2) is 3.38. The summed E-state index contributed by atoms with van der Waals surface area (Å²) in [5.74, 6) is 1.04. The van der Waals surface area contributed by atoms with Gasteiger partial charge in [-0.05, 0) is 22.0 Å². The highest BCUT2D eigenvalue weighted by molar-refractivity contribution is 9.10. The van der Waals surface area contributed by atoms with Crippen molar-refractivity contribution in [3.05, 3.63) is 52.2 Å². The summed E-state index contributed by atoms with van der Waals surface area (Å²) in [7, 11) is 0. The highest BCUT2D eigenvalue weighted by Crippen LogP contribution is 2.33. The third-order valence-electron chi connectivity index (χ3n) is 2.60. The quantitative estimate of drug-likeness (QED) is 0.688. The Labute approximate surface area is 96.2 Å². The number of para-hydroxylation sites is 1. The Kier molecular flexibility index (Phi) is 2.03. The first kappa shape index (κ1) is 8.98. The van der Waals surface area contributed by atoms with Gasteiger partial charge in [0.15, 0.2) is 0 Å². The van der Waals surface area contributed by atoms with E-state index < -0.39 is 0 Å². The fourth-order valence-corrected chi connectivity index (χ4v) is 2.34. The van der Waals surface area contributed by atoms with Gasteiger partial charge in [0.25, 0.3) is 0 Å². The molecule has 0 atom stereocenters. The van der Waals surface area contributed by atoms with Crippen LogP contribution in [0.5, 0.6) is 0 Å². The van der Waals surface area contributed by atoms with E-state index in [2.05, 4.69) is 46.3 Å². The van der Waals surface area contributed by atoms with Crippen molar-refractivity contribution >= 4 is 33.0 Å². The van der Waals surface area contributed by atoms with Crippen LogP contribution in [0, 0.1) is 0 Å². The molecule has 1 aliphatic carbocycles. The lowest BCUT2D eigenvalue weighted by atomic mass is 10.1. The maximum Gasteiger partial charge on any atom is 0.149 e. The Balaban J connectivity index is 2.39. The van der Waals surface area contributed by atoms with E-state index in [1.54, 1.807) is 0 Å². The molecule has 3 rings (SSSR count). The zero-order valence-electron chi connectivity index (χ0n) is 8.03. The Morgan fingerprint density at radius 3 is 3.07 bits per heavy atom. The van der Waals surface area contributed by atoms with Crippen molar-refractivity contribution in [3.63, 3.8) is 0 Å². The minimum atomic E-state index is 0.865. The number of rotatable bonds is 0. The van der Waals surface area contributed by atoms with Gasteiger partial charge in [0, 0.05) is 17.4 Å². The van der Waals surface area contributed by atoms with E-state index in [0.29, 0.717) is 0 Å². The molecule has 2 heteroatoms. The average molecular weight is 261 g/mol. The second-order valence-corrected chi connectivity index (χ2v) is 4.40. The Morgan fingerprint density at radius 2 is 2.13 bits per heavy atom. The molecule has 1 aromatic carbocycles. The molecule has 0 saturated heterocycles. The van der Waals surface area contributed by atoms with Crippen LogP contribution in [0.3, 0.4) is 0 Å². The number of halogens is 1. The number of hydrogen-bond donors (Lipinski definition) is 0. The van der Waals surface area contributed by atoms with Crippen molar-refractivity contribution in [2.75, 3.05) is 0 Å². The summed E-state index contributed by atoms with van der Waals surface area (Å²) in [6.45, 7) is 0. The maximum absolute atomic E-state index is 5.85. The predicted octanol–water partition coefficient (Wildman–Crippen LogP) is 4.32. The summed E-state index contributed by atoms with van der Waals surface area (Å²) in [4.78, 5) is 0. The van der Waals surface area contributed by atoms with E-state index in [1.807, 2.05) is 12.1 Å². The van der Waals surface area contributed by atoms with E-state index in [0.717, 1.165) is 22.2 Å². The standard InChI is InChI=1S/C13H9BrO/c14-11-7-4-6-10-9-5-2-1-3-8-12(9)15-13(10)11/h1-7H,8H2. The first-order valence-electron chi connectivity index (χ1n) is 4.89. The summed E-state index contributed by atoms with van der Waals surface area (Å²) < 4.78 is 6.87. The molecule has 0 fully saturated rings. The molecule has 15 heavy (non-hydrogen) atoms. The summed E-state index contributed by atoms with van der Waals surface area (Å²) in [5.41, 5.74) is 2.15. The lowest BCUT2D eigenvalue weighted by molar-refractivity contribution is 0.563. The van der Waals surface area contributed by atoms with Gasteiger partial charge in [0.2, 0.25) is 0 Å². The lowest BCUT2D eigenvalue weighted by Crippen LogP contribution is -1.77. The van der Waals surface area contributed by atoms with Gasteiger partial charge < -0.3 is 4.42 Å². The monoisotopic (exact) mass is 260 g/mol. The molecule has 1 nitrogen and oxygen atoms in total. The van der Waals surface area contributed by atoms with Gasteiger partial charge >= 0.3 is 0 Å². The normalized spacial score (nSPS) is 14.2. The summed E-state index contributed by atoms with van der Waals surface area (Å²) in [6, 6.07) is 6.14. The SMILES string of the molecule is Brc1cccc2c3c(oc12)CC=CC=C3. The smallest absolute Gasteiger partial charge is 0.149 e. The third-order valence-corrected chi connectivity index (χ3v) is 3.22. The van der Waals surface area contributed by atoms with Crippen LogP contribution in [0.25, 0.3) is 17.0 Å². The van der Waals surface area contributed by atoms with E-state index in [-0.39, 0.29) is 0 Å². The second-order valence-electron chi connectivity index (χ2n) is 3.55. The number of fused-ring (bicyclic) bond motifs is 3. The summed E-state index contributed by atoms with van der Waals surface area (Å²) in [5, 5.41) is 1.18. The molecule has 2 aromatic rings. The van der Waals surface area contributed by atoms with Gasteiger partial charge in [-0.15, -0.1) is 0 Å². The van der Waals surface area contributed by atoms with E-state index in [1.165, 1.54) is 10.9 Å². The maximum atomic E-state index is 5.85. The van der Waals surface area contributed by atoms with Crippen LogP contribution in [0.4, 0.5) is 0 Å². The van der Waals surface area contributed by atoms with E-state index in [4.69, 9.17) is 4.42 Å².